The van der Waals surface area contributed by atoms with Gasteiger partial charge in [0.1, 0.15) is 0 Å². The van der Waals surface area contributed by atoms with Crippen LogP contribution in [0.3, 0.4) is 0 Å². The molecule has 0 saturated carbocycles. The number of fused-ring (bicyclic) bond motifs is 1. The van der Waals surface area contributed by atoms with Crippen LogP contribution in [0.2, 0.25) is 0 Å². The van der Waals surface area contributed by atoms with E-state index in [1.54, 1.807) is 0 Å². The molecule has 108 valence electrons. The number of aromatic nitrogens is 1. The van der Waals surface area contributed by atoms with Crippen molar-refractivity contribution in [3.05, 3.63) is 36.7 Å². The number of rotatable bonds is 8. The highest BCUT2D eigenvalue weighted by molar-refractivity contribution is 5.93. The van der Waals surface area contributed by atoms with Gasteiger partial charge in [0.2, 0.25) is 0 Å². The second-order valence-electron chi connectivity index (χ2n) is 5.65. The lowest BCUT2D eigenvalue weighted by Crippen LogP contribution is -2.15. The van der Waals surface area contributed by atoms with Gasteiger partial charge < -0.3 is 5.32 Å². The van der Waals surface area contributed by atoms with Crippen LogP contribution in [0.1, 0.15) is 52.4 Å². The molecule has 1 aromatic heterocycles. The van der Waals surface area contributed by atoms with Crippen LogP contribution in [0.15, 0.2) is 36.7 Å². The third-order valence-electron chi connectivity index (χ3n) is 3.82. The van der Waals surface area contributed by atoms with Crippen LogP contribution in [-0.2, 0) is 0 Å². The molecule has 1 unspecified atom stereocenters. The first-order chi connectivity index (χ1) is 9.81. The molecule has 2 nitrogen and oxygen atoms in total. The van der Waals surface area contributed by atoms with E-state index in [1.807, 2.05) is 12.4 Å². The number of nitrogens with zero attached hydrogens (tertiary/aromatic N) is 1. The van der Waals surface area contributed by atoms with Crippen molar-refractivity contribution in [3.63, 3.8) is 0 Å². The maximum absolute atomic E-state index is 4.18. The Morgan fingerprint density at radius 3 is 2.80 bits per heavy atom. The molecule has 0 aliphatic heterocycles. The predicted molar refractivity (Wildman–Crippen MR) is 88.2 cm³/mol. The molecule has 0 fully saturated rings. The second-order valence-corrected chi connectivity index (χ2v) is 5.65. The zero-order valence-electron chi connectivity index (χ0n) is 12.7. The molecular weight excluding hydrogens is 244 g/mol. The van der Waals surface area contributed by atoms with Crippen LogP contribution in [0.5, 0.6) is 0 Å². The van der Waals surface area contributed by atoms with Crippen LogP contribution in [0.25, 0.3) is 10.8 Å². The maximum atomic E-state index is 4.18. The molecule has 2 heteroatoms. The van der Waals surface area contributed by atoms with Crippen molar-refractivity contribution in [1.82, 2.24) is 4.98 Å². The molecule has 0 aliphatic rings. The average molecular weight is 270 g/mol. The largest absolute Gasteiger partial charge is 0.382 e. The highest BCUT2D eigenvalue weighted by Gasteiger charge is 2.05. The summed E-state index contributed by atoms with van der Waals surface area (Å²) in [5.41, 5.74) is 1.23. The number of anilines is 1. The van der Waals surface area contributed by atoms with E-state index in [0.29, 0.717) is 6.04 Å². The normalized spacial score (nSPS) is 12.5. The summed E-state index contributed by atoms with van der Waals surface area (Å²) in [4.78, 5) is 4.18. The number of benzene rings is 1. The fourth-order valence-corrected chi connectivity index (χ4v) is 2.64. The lowest BCUT2D eigenvalue weighted by molar-refractivity contribution is 0.579. The van der Waals surface area contributed by atoms with Gasteiger partial charge in [0.15, 0.2) is 0 Å². The standard InChI is InChI=1S/C18H26N2/c1-3-4-5-6-7-9-15(2)20-18-11-8-10-16-14-19-13-12-17(16)18/h8,10-15,20H,3-7,9H2,1-2H3. The SMILES string of the molecule is CCCCCCCC(C)Nc1cccc2cnccc12. The number of pyridine rings is 1. The van der Waals surface area contributed by atoms with Gasteiger partial charge in [-0.3, -0.25) is 4.98 Å². The van der Waals surface area contributed by atoms with Crippen LogP contribution in [0, 0.1) is 0 Å². The van der Waals surface area contributed by atoms with Crippen LogP contribution >= 0.6 is 0 Å². The zero-order valence-corrected chi connectivity index (χ0v) is 12.7. The molecule has 1 heterocycles. The summed E-state index contributed by atoms with van der Waals surface area (Å²) < 4.78 is 0. The third kappa shape index (κ3) is 4.22. The first-order valence-corrected chi connectivity index (χ1v) is 7.90. The quantitative estimate of drug-likeness (QED) is 0.650. The summed E-state index contributed by atoms with van der Waals surface area (Å²) in [5, 5.41) is 6.11. The summed E-state index contributed by atoms with van der Waals surface area (Å²) >= 11 is 0. The monoisotopic (exact) mass is 270 g/mol. The zero-order chi connectivity index (χ0) is 14.2. The van der Waals surface area contributed by atoms with E-state index in [4.69, 9.17) is 0 Å². The highest BCUT2D eigenvalue weighted by Crippen LogP contribution is 2.23. The number of unbranched alkanes of at least 4 members (excludes halogenated alkanes) is 4. The minimum atomic E-state index is 0.524. The summed E-state index contributed by atoms with van der Waals surface area (Å²) in [6, 6.07) is 8.99. The smallest absolute Gasteiger partial charge is 0.0423 e. The minimum absolute atomic E-state index is 0.524. The molecule has 0 saturated heterocycles. The highest BCUT2D eigenvalue weighted by atomic mass is 14.9. The van der Waals surface area contributed by atoms with E-state index in [1.165, 1.54) is 55.0 Å². The minimum Gasteiger partial charge on any atom is -0.382 e. The molecule has 0 bridgehead atoms. The topological polar surface area (TPSA) is 24.9 Å². The second kappa shape index (κ2) is 7.88. The van der Waals surface area contributed by atoms with Crippen LogP contribution in [-0.4, -0.2) is 11.0 Å². The molecule has 1 atom stereocenters. The first-order valence-electron chi connectivity index (χ1n) is 7.90. The van der Waals surface area contributed by atoms with Crippen molar-refractivity contribution in [2.24, 2.45) is 0 Å². The lowest BCUT2D eigenvalue weighted by atomic mass is 10.1. The molecule has 0 aliphatic carbocycles. The summed E-state index contributed by atoms with van der Waals surface area (Å²) in [5.74, 6) is 0. The van der Waals surface area contributed by atoms with Crippen molar-refractivity contribution in [1.29, 1.82) is 0 Å². The van der Waals surface area contributed by atoms with Crippen LogP contribution in [0.4, 0.5) is 5.69 Å². The van der Waals surface area contributed by atoms with Gasteiger partial charge in [0.25, 0.3) is 0 Å². The molecule has 1 N–H and O–H groups in total. The van der Waals surface area contributed by atoms with E-state index in [2.05, 4.69) is 48.4 Å². The fourth-order valence-electron chi connectivity index (χ4n) is 2.64. The molecule has 2 aromatic rings. The van der Waals surface area contributed by atoms with Crippen molar-refractivity contribution >= 4 is 16.5 Å². The van der Waals surface area contributed by atoms with Gasteiger partial charge in [0, 0.05) is 34.9 Å². The number of hydrogen-bond donors (Lipinski definition) is 1. The predicted octanol–water partition coefficient (Wildman–Crippen LogP) is 5.40. The Hall–Kier alpha value is -1.57. The van der Waals surface area contributed by atoms with E-state index in [-0.39, 0.29) is 0 Å². The van der Waals surface area contributed by atoms with Crippen molar-refractivity contribution in [2.75, 3.05) is 5.32 Å². The Balaban J connectivity index is 1.88. The summed E-state index contributed by atoms with van der Waals surface area (Å²) in [6.45, 7) is 4.54. The van der Waals surface area contributed by atoms with Gasteiger partial charge >= 0.3 is 0 Å². The van der Waals surface area contributed by atoms with Gasteiger partial charge in [0.05, 0.1) is 0 Å². The van der Waals surface area contributed by atoms with E-state index >= 15 is 0 Å². The Kier molecular flexibility index (Phi) is 5.85. The van der Waals surface area contributed by atoms with Crippen molar-refractivity contribution in [3.8, 4) is 0 Å². The van der Waals surface area contributed by atoms with Gasteiger partial charge in [-0.2, -0.15) is 0 Å². The molecule has 0 spiro atoms. The van der Waals surface area contributed by atoms with Crippen LogP contribution < -0.4 is 5.32 Å². The Labute approximate surface area is 122 Å². The van der Waals surface area contributed by atoms with Gasteiger partial charge in [-0.25, -0.2) is 0 Å². The van der Waals surface area contributed by atoms with E-state index in [9.17, 15) is 0 Å². The molecule has 20 heavy (non-hydrogen) atoms. The van der Waals surface area contributed by atoms with Crippen molar-refractivity contribution < 1.29 is 0 Å². The third-order valence-corrected chi connectivity index (χ3v) is 3.82. The van der Waals surface area contributed by atoms with Gasteiger partial charge in [-0.05, 0) is 25.5 Å². The molecule has 0 amide bonds. The summed E-state index contributed by atoms with van der Waals surface area (Å²) in [6.07, 6.45) is 11.8. The lowest BCUT2D eigenvalue weighted by Gasteiger charge is -2.16. The Morgan fingerprint density at radius 1 is 1.10 bits per heavy atom. The fraction of sp³-hybridized carbons (Fsp3) is 0.500. The molecular formula is C18H26N2. The average Bonchev–Trinajstić information content (AvgIpc) is 2.47. The number of nitrogens with one attached hydrogen (secondary N) is 1. The molecule has 1 aromatic carbocycles. The van der Waals surface area contributed by atoms with Gasteiger partial charge in [-0.15, -0.1) is 0 Å². The van der Waals surface area contributed by atoms with E-state index in [0.717, 1.165) is 0 Å². The van der Waals surface area contributed by atoms with Crippen molar-refractivity contribution in [2.45, 2.75) is 58.4 Å². The maximum Gasteiger partial charge on any atom is 0.0423 e. The molecule has 2 rings (SSSR count). The summed E-state index contributed by atoms with van der Waals surface area (Å²) in [7, 11) is 0. The van der Waals surface area contributed by atoms with E-state index < -0.39 is 0 Å². The Bertz CT molecular complexity index is 516. The number of hydrogen-bond acceptors (Lipinski definition) is 2. The Morgan fingerprint density at radius 2 is 1.95 bits per heavy atom. The first kappa shape index (κ1) is 14.8. The van der Waals surface area contributed by atoms with Gasteiger partial charge in [-0.1, -0.05) is 51.2 Å². The molecule has 0 radical (unpaired) electrons.